The van der Waals surface area contributed by atoms with Crippen molar-refractivity contribution in [3.05, 3.63) is 78.0 Å². The van der Waals surface area contributed by atoms with Crippen molar-refractivity contribution in [3.63, 3.8) is 0 Å². The third-order valence-corrected chi connectivity index (χ3v) is 5.23. The molecule has 33 heavy (non-hydrogen) atoms. The minimum absolute atomic E-state index is 0.0176. The van der Waals surface area contributed by atoms with Gasteiger partial charge in [-0.2, -0.15) is 5.10 Å². The normalized spacial score (nSPS) is 11.0. The third kappa shape index (κ3) is 3.97. The second-order valence-corrected chi connectivity index (χ2v) is 7.67. The van der Waals surface area contributed by atoms with Crippen LogP contribution < -0.4 is 11.1 Å². The average Bonchev–Trinajstić information content (AvgIpc) is 3.25. The van der Waals surface area contributed by atoms with Crippen LogP contribution in [0.15, 0.2) is 67.3 Å². The molecule has 162 valence electrons. The number of hydrogen-bond acceptors (Lipinski definition) is 7. The molecule has 0 saturated heterocycles. The zero-order valence-corrected chi connectivity index (χ0v) is 18.2. The number of carbonyl (C=O) groups excluding carboxylic acids is 1. The highest BCUT2D eigenvalue weighted by molar-refractivity contribution is 6.35. The van der Waals surface area contributed by atoms with Gasteiger partial charge in [0.05, 0.1) is 28.1 Å². The molecule has 0 aliphatic rings. The molecule has 4 aromatic heterocycles. The number of pyridine rings is 2. The maximum atomic E-state index is 13.0. The van der Waals surface area contributed by atoms with E-state index in [2.05, 4.69) is 30.4 Å². The predicted molar refractivity (Wildman–Crippen MR) is 127 cm³/mol. The van der Waals surface area contributed by atoms with Crippen LogP contribution in [0.1, 0.15) is 10.5 Å². The van der Waals surface area contributed by atoms with E-state index in [-0.39, 0.29) is 11.5 Å². The summed E-state index contributed by atoms with van der Waals surface area (Å²) < 4.78 is 1.65. The Kier molecular flexibility index (Phi) is 5.15. The molecule has 10 heteroatoms. The Morgan fingerprint density at radius 3 is 2.70 bits per heavy atom. The van der Waals surface area contributed by atoms with Crippen LogP contribution in [-0.2, 0) is 7.05 Å². The number of halogens is 1. The van der Waals surface area contributed by atoms with E-state index in [1.54, 1.807) is 54.6 Å². The van der Waals surface area contributed by atoms with Gasteiger partial charge in [-0.1, -0.05) is 17.7 Å². The number of nitrogens with one attached hydrogen (secondary N) is 1. The largest absolute Gasteiger partial charge is 0.382 e. The van der Waals surface area contributed by atoms with E-state index in [4.69, 9.17) is 17.3 Å². The summed E-state index contributed by atoms with van der Waals surface area (Å²) in [6.07, 6.45) is 6.61. The maximum absolute atomic E-state index is 13.0. The molecular weight excluding hydrogens is 440 g/mol. The molecular formula is C23H17ClN8O. The number of nitrogen functional groups attached to an aromatic ring is 1. The average molecular weight is 457 g/mol. The van der Waals surface area contributed by atoms with Crippen LogP contribution in [0.25, 0.3) is 33.5 Å². The number of anilines is 2. The number of hydrogen-bond donors (Lipinski definition) is 2. The standard InChI is InChI=1S/C23H17ClN8O/c1-32-9-6-17(31-32)20-19(14-10-13-4-2-8-27-18(13)16(24)11-14)29-21(22(25)30-20)23(33)28-15-5-3-7-26-12-15/h2-12H,1H3,(H2,25,30)(H,28,33). The van der Waals surface area contributed by atoms with Gasteiger partial charge in [0.1, 0.15) is 11.4 Å². The molecule has 0 atom stereocenters. The lowest BCUT2D eigenvalue weighted by Gasteiger charge is -2.13. The molecule has 0 fully saturated rings. The van der Waals surface area contributed by atoms with Gasteiger partial charge >= 0.3 is 0 Å². The number of nitrogens with two attached hydrogens (primary N) is 1. The molecule has 5 aromatic rings. The van der Waals surface area contributed by atoms with Crippen LogP contribution in [-0.4, -0.2) is 35.6 Å². The minimum Gasteiger partial charge on any atom is -0.382 e. The van der Waals surface area contributed by atoms with Crippen molar-refractivity contribution < 1.29 is 4.79 Å². The zero-order valence-electron chi connectivity index (χ0n) is 17.4. The number of nitrogens with zero attached hydrogens (tertiary/aromatic N) is 6. The molecule has 0 bridgehead atoms. The van der Waals surface area contributed by atoms with Gasteiger partial charge in [-0.15, -0.1) is 0 Å². The number of carbonyl (C=O) groups is 1. The van der Waals surface area contributed by atoms with Gasteiger partial charge < -0.3 is 11.1 Å². The molecule has 3 N–H and O–H groups in total. The molecule has 0 unspecified atom stereocenters. The molecule has 0 radical (unpaired) electrons. The summed E-state index contributed by atoms with van der Waals surface area (Å²) >= 11 is 6.51. The summed E-state index contributed by atoms with van der Waals surface area (Å²) in [5.74, 6) is -0.523. The monoisotopic (exact) mass is 456 g/mol. The van der Waals surface area contributed by atoms with E-state index in [9.17, 15) is 4.79 Å². The van der Waals surface area contributed by atoms with Gasteiger partial charge in [-0.3, -0.25) is 19.4 Å². The van der Waals surface area contributed by atoms with Crippen LogP contribution in [0.4, 0.5) is 11.5 Å². The van der Waals surface area contributed by atoms with E-state index >= 15 is 0 Å². The van der Waals surface area contributed by atoms with Crippen molar-refractivity contribution in [2.45, 2.75) is 0 Å². The second kappa shape index (κ2) is 8.29. The number of amides is 1. The van der Waals surface area contributed by atoms with Gasteiger partial charge in [0.2, 0.25) is 0 Å². The fraction of sp³-hybridized carbons (Fsp3) is 0.0435. The van der Waals surface area contributed by atoms with Gasteiger partial charge in [-0.05, 0) is 36.4 Å². The van der Waals surface area contributed by atoms with Crippen molar-refractivity contribution in [2.75, 3.05) is 11.1 Å². The molecule has 0 spiro atoms. The highest BCUT2D eigenvalue weighted by Crippen LogP contribution is 2.34. The first-order valence-electron chi connectivity index (χ1n) is 9.93. The number of aryl methyl sites for hydroxylation is 1. The van der Waals surface area contributed by atoms with E-state index in [0.717, 1.165) is 5.39 Å². The maximum Gasteiger partial charge on any atom is 0.278 e. The van der Waals surface area contributed by atoms with Crippen LogP contribution in [0.3, 0.4) is 0 Å². The summed E-state index contributed by atoms with van der Waals surface area (Å²) in [5.41, 5.74) is 9.41. The lowest BCUT2D eigenvalue weighted by atomic mass is 10.0. The lowest BCUT2D eigenvalue weighted by molar-refractivity contribution is 0.102. The van der Waals surface area contributed by atoms with Crippen molar-refractivity contribution >= 4 is 39.9 Å². The summed E-state index contributed by atoms with van der Waals surface area (Å²) in [6, 6.07) is 12.6. The highest BCUT2D eigenvalue weighted by atomic mass is 35.5. The van der Waals surface area contributed by atoms with Crippen LogP contribution in [0.2, 0.25) is 5.02 Å². The van der Waals surface area contributed by atoms with Crippen molar-refractivity contribution in [3.8, 4) is 22.6 Å². The molecule has 0 aliphatic carbocycles. The number of fused-ring (bicyclic) bond motifs is 1. The highest BCUT2D eigenvalue weighted by Gasteiger charge is 2.22. The first-order valence-corrected chi connectivity index (χ1v) is 10.3. The van der Waals surface area contributed by atoms with Gasteiger partial charge in [0.25, 0.3) is 5.91 Å². The summed E-state index contributed by atoms with van der Waals surface area (Å²) in [4.78, 5) is 30.4. The Hall–Kier alpha value is -4.37. The fourth-order valence-electron chi connectivity index (χ4n) is 3.45. The summed E-state index contributed by atoms with van der Waals surface area (Å²) in [6.45, 7) is 0. The Bertz CT molecular complexity index is 1500. The molecule has 1 amide bonds. The third-order valence-electron chi connectivity index (χ3n) is 4.95. The SMILES string of the molecule is Cn1ccc(-c2nc(N)c(C(=O)Nc3cccnc3)nc2-c2cc(Cl)c3ncccc3c2)n1. The number of rotatable bonds is 4. The van der Waals surface area contributed by atoms with Crippen molar-refractivity contribution in [2.24, 2.45) is 7.05 Å². The van der Waals surface area contributed by atoms with Crippen molar-refractivity contribution in [1.29, 1.82) is 0 Å². The molecule has 1 aromatic carbocycles. The van der Waals surface area contributed by atoms with Gasteiger partial charge in [0, 0.05) is 36.6 Å². The van der Waals surface area contributed by atoms with Crippen LogP contribution >= 0.6 is 11.6 Å². The fourth-order valence-corrected chi connectivity index (χ4v) is 3.72. The quantitative estimate of drug-likeness (QED) is 0.419. The lowest BCUT2D eigenvalue weighted by Crippen LogP contribution is -2.18. The summed E-state index contributed by atoms with van der Waals surface area (Å²) in [7, 11) is 1.80. The van der Waals surface area contributed by atoms with E-state index in [1.165, 1.54) is 6.20 Å². The smallest absolute Gasteiger partial charge is 0.278 e. The topological polar surface area (TPSA) is 124 Å². The summed E-state index contributed by atoms with van der Waals surface area (Å²) in [5, 5.41) is 8.46. The van der Waals surface area contributed by atoms with E-state index in [0.29, 0.717) is 38.9 Å². The Morgan fingerprint density at radius 1 is 1.09 bits per heavy atom. The Morgan fingerprint density at radius 2 is 1.94 bits per heavy atom. The minimum atomic E-state index is -0.504. The van der Waals surface area contributed by atoms with Crippen molar-refractivity contribution in [1.82, 2.24) is 29.7 Å². The van der Waals surface area contributed by atoms with E-state index < -0.39 is 5.91 Å². The van der Waals surface area contributed by atoms with Gasteiger partial charge in [0.15, 0.2) is 11.5 Å². The van der Waals surface area contributed by atoms with Crippen LogP contribution in [0, 0.1) is 0 Å². The zero-order chi connectivity index (χ0) is 22.9. The molecule has 5 rings (SSSR count). The molecule has 0 aliphatic heterocycles. The van der Waals surface area contributed by atoms with E-state index in [1.807, 2.05) is 18.2 Å². The second-order valence-electron chi connectivity index (χ2n) is 7.26. The molecule has 0 saturated carbocycles. The Labute approximate surface area is 193 Å². The van der Waals surface area contributed by atoms with Crippen LogP contribution in [0.5, 0.6) is 0 Å². The first-order chi connectivity index (χ1) is 16.0. The first kappa shape index (κ1) is 20.5. The number of aromatic nitrogens is 6. The predicted octanol–water partition coefficient (Wildman–Crippen LogP) is 3.98. The van der Waals surface area contributed by atoms with Gasteiger partial charge in [-0.25, -0.2) is 9.97 Å². The molecule has 9 nitrogen and oxygen atoms in total. The number of benzene rings is 1. The molecule has 4 heterocycles. The Balaban J connectivity index is 1.69.